The van der Waals surface area contributed by atoms with E-state index in [-0.39, 0.29) is 22.1 Å². The number of nitrogens with two attached hydrogens (primary N) is 1. The summed E-state index contributed by atoms with van der Waals surface area (Å²) in [4.78, 5) is 0.0370. The highest BCUT2D eigenvalue weighted by atomic mass is 32.2. The summed E-state index contributed by atoms with van der Waals surface area (Å²) in [5.41, 5.74) is 7.67. The van der Waals surface area contributed by atoms with E-state index < -0.39 is 27.7 Å². The first-order valence-corrected chi connectivity index (χ1v) is 10.2. The van der Waals surface area contributed by atoms with Gasteiger partial charge < -0.3 is 5.73 Å². The van der Waals surface area contributed by atoms with Gasteiger partial charge in [-0.2, -0.15) is 5.10 Å². The van der Waals surface area contributed by atoms with Gasteiger partial charge in [-0.3, -0.25) is 9.40 Å². The van der Waals surface area contributed by atoms with Gasteiger partial charge in [-0.25, -0.2) is 17.2 Å². The number of anilines is 2. The fourth-order valence-electron chi connectivity index (χ4n) is 3.82. The SMILES string of the molecule is Nc1ccc(S(=O)(=O)N2c3cc(F)c(F)cc3-c3[nH]ncc3C2C2CC2)cc1. The Bertz CT molecular complexity index is 1190. The van der Waals surface area contributed by atoms with Crippen LogP contribution in [-0.4, -0.2) is 18.6 Å². The molecule has 1 unspecified atom stereocenters. The lowest BCUT2D eigenvalue weighted by molar-refractivity contribution is 0.506. The number of H-pyrrole nitrogens is 1. The fraction of sp³-hybridized carbons (Fsp3) is 0.211. The minimum Gasteiger partial charge on any atom is -0.399 e. The van der Waals surface area contributed by atoms with Crippen molar-refractivity contribution in [3.63, 3.8) is 0 Å². The second-order valence-corrected chi connectivity index (χ2v) is 8.95. The summed E-state index contributed by atoms with van der Waals surface area (Å²) >= 11 is 0. The molecule has 3 N–H and O–H groups in total. The molecule has 28 heavy (non-hydrogen) atoms. The van der Waals surface area contributed by atoms with Crippen molar-refractivity contribution in [2.75, 3.05) is 10.0 Å². The maximum absolute atomic E-state index is 14.1. The number of hydrogen-bond acceptors (Lipinski definition) is 4. The zero-order valence-electron chi connectivity index (χ0n) is 14.6. The van der Waals surface area contributed by atoms with Crippen LogP contribution in [0, 0.1) is 17.6 Å². The summed E-state index contributed by atoms with van der Waals surface area (Å²) in [6, 6.07) is 7.25. The minimum absolute atomic E-state index is 0.0370. The summed E-state index contributed by atoms with van der Waals surface area (Å²) in [6.07, 6.45) is 3.26. The van der Waals surface area contributed by atoms with E-state index in [0.29, 0.717) is 16.9 Å². The fourth-order valence-corrected chi connectivity index (χ4v) is 5.52. The van der Waals surface area contributed by atoms with Gasteiger partial charge in [0.15, 0.2) is 11.6 Å². The van der Waals surface area contributed by atoms with E-state index in [1.807, 2.05) is 0 Å². The summed E-state index contributed by atoms with van der Waals surface area (Å²) in [5.74, 6) is -2.07. The Kier molecular flexibility index (Phi) is 3.54. The third-order valence-electron chi connectivity index (χ3n) is 5.29. The van der Waals surface area contributed by atoms with Crippen molar-refractivity contribution >= 4 is 21.4 Å². The van der Waals surface area contributed by atoms with Crippen LogP contribution in [0.5, 0.6) is 0 Å². The molecule has 2 aliphatic rings. The smallest absolute Gasteiger partial charge is 0.264 e. The lowest BCUT2D eigenvalue weighted by Crippen LogP contribution is -2.38. The zero-order chi connectivity index (χ0) is 19.6. The summed E-state index contributed by atoms with van der Waals surface area (Å²) in [5, 5.41) is 6.85. The molecule has 1 aliphatic heterocycles. The van der Waals surface area contributed by atoms with Crippen LogP contribution >= 0.6 is 0 Å². The molecule has 1 fully saturated rings. The Balaban J connectivity index is 1.78. The predicted molar refractivity (Wildman–Crippen MR) is 99.9 cm³/mol. The molecule has 144 valence electrons. The largest absolute Gasteiger partial charge is 0.399 e. The molecule has 0 spiro atoms. The van der Waals surface area contributed by atoms with E-state index in [4.69, 9.17) is 5.73 Å². The first kappa shape index (κ1) is 17.2. The number of hydrogen-bond donors (Lipinski definition) is 2. The Labute approximate surface area is 160 Å². The van der Waals surface area contributed by atoms with Crippen LogP contribution in [0.4, 0.5) is 20.2 Å². The van der Waals surface area contributed by atoms with E-state index in [2.05, 4.69) is 10.2 Å². The molecule has 0 saturated heterocycles. The number of benzene rings is 2. The van der Waals surface area contributed by atoms with Crippen LogP contribution in [-0.2, 0) is 10.0 Å². The van der Waals surface area contributed by atoms with E-state index >= 15 is 0 Å². The standard InChI is InChI=1S/C19H16F2N4O2S/c20-15-7-13-17(8-16(15)21)25(28(26,27)12-5-3-11(22)4-6-12)19(10-1-2-10)14-9-23-24-18(13)14/h3-10,19H,1-2,22H2,(H,23,24). The van der Waals surface area contributed by atoms with Crippen molar-refractivity contribution in [1.29, 1.82) is 0 Å². The molecule has 3 aromatic rings. The van der Waals surface area contributed by atoms with E-state index in [1.54, 1.807) is 6.20 Å². The van der Waals surface area contributed by atoms with Crippen molar-refractivity contribution in [1.82, 2.24) is 10.2 Å². The van der Waals surface area contributed by atoms with Crippen LogP contribution in [0.1, 0.15) is 24.4 Å². The molecule has 5 rings (SSSR count). The molecule has 0 bridgehead atoms. The van der Waals surface area contributed by atoms with Crippen molar-refractivity contribution in [2.24, 2.45) is 5.92 Å². The van der Waals surface area contributed by atoms with Crippen LogP contribution in [0.25, 0.3) is 11.3 Å². The summed E-state index contributed by atoms with van der Waals surface area (Å²) in [6.45, 7) is 0. The van der Waals surface area contributed by atoms with Crippen molar-refractivity contribution in [3.8, 4) is 11.3 Å². The first-order chi connectivity index (χ1) is 13.4. The number of nitrogen functional groups attached to an aromatic ring is 1. The molecule has 0 amide bonds. The number of nitrogens with one attached hydrogen (secondary N) is 1. The molecule has 1 saturated carbocycles. The third-order valence-corrected chi connectivity index (χ3v) is 7.10. The van der Waals surface area contributed by atoms with E-state index in [1.165, 1.54) is 28.6 Å². The Morgan fingerprint density at radius 1 is 1.11 bits per heavy atom. The van der Waals surface area contributed by atoms with Gasteiger partial charge in [-0.1, -0.05) is 0 Å². The normalized spacial score (nSPS) is 18.6. The van der Waals surface area contributed by atoms with Crippen molar-refractivity contribution in [3.05, 3.63) is 59.8 Å². The Morgan fingerprint density at radius 3 is 2.46 bits per heavy atom. The Morgan fingerprint density at radius 2 is 1.79 bits per heavy atom. The number of aromatic nitrogens is 2. The monoisotopic (exact) mass is 402 g/mol. The Hall–Kier alpha value is -2.94. The van der Waals surface area contributed by atoms with E-state index in [0.717, 1.165) is 25.0 Å². The molecule has 9 heteroatoms. The number of sulfonamides is 1. The van der Waals surface area contributed by atoms with Crippen LogP contribution in [0.3, 0.4) is 0 Å². The van der Waals surface area contributed by atoms with Gasteiger partial charge in [0.05, 0.1) is 28.5 Å². The average molecular weight is 402 g/mol. The number of halogens is 2. The molecule has 2 heterocycles. The van der Waals surface area contributed by atoms with Gasteiger partial charge in [-0.05, 0) is 49.1 Å². The molecule has 1 aliphatic carbocycles. The topological polar surface area (TPSA) is 92.1 Å². The number of aromatic amines is 1. The van der Waals surface area contributed by atoms with Crippen molar-refractivity contribution in [2.45, 2.75) is 23.8 Å². The van der Waals surface area contributed by atoms with Gasteiger partial charge in [0.25, 0.3) is 10.0 Å². The van der Waals surface area contributed by atoms with Gasteiger partial charge in [-0.15, -0.1) is 0 Å². The molecule has 2 aromatic carbocycles. The predicted octanol–water partition coefficient (Wildman–Crippen LogP) is 3.60. The highest BCUT2D eigenvalue weighted by Crippen LogP contribution is 2.54. The molecular formula is C19H16F2N4O2S. The quantitative estimate of drug-likeness (QED) is 0.655. The third kappa shape index (κ3) is 2.42. The van der Waals surface area contributed by atoms with Crippen molar-refractivity contribution < 1.29 is 17.2 Å². The molecule has 1 aromatic heterocycles. The molecule has 6 nitrogen and oxygen atoms in total. The summed E-state index contributed by atoms with van der Waals surface area (Å²) in [7, 11) is -4.05. The average Bonchev–Trinajstić information content (AvgIpc) is 3.38. The van der Waals surface area contributed by atoms with E-state index in [9.17, 15) is 17.2 Å². The van der Waals surface area contributed by atoms with Crippen LogP contribution in [0.15, 0.2) is 47.5 Å². The maximum Gasteiger partial charge on any atom is 0.264 e. The maximum atomic E-state index is 14.1. The van der Waals surface area contributed by atoms with Crippen LogP contribution in [0.2, 0.25) is 0 Å². The summed E-state index contributed by atoms with van der Waals surface area (Å²) < 4.78 is 56.5. The highest BCUT2D eigenvalue weighted by Gasteiger charge is 2.47. The highest BCUT2D eigenvalue weighted by molar-refractivity contribution is 7.92. The van der Waals surface area contributed by atoms with Crippen LogP contribution < -0.4 is 10.0 Å². The van der Waals surface area contributed by atoms with Gasteiger partial charge in [0.2, 0.25) is 0 Å². The lowest BCUT2D eigenvalue weighted by atomic mass is 9.93. The zero-order valence-corrected chi connectivity index (χ0v) is 15.4. The number of fused-ring (bicyclic) bond motifs is 3. The molecule has 0 radical (unpaired) electrons. The minimum atomic E-state index is -4.05. The first-order valence-electron chi connectivity index (χ1n) is 8.80. The van der Waals surface area contributed by atoms with Gasteiger partial charge in [0.1, 0.15) is 0 Å². The van der Waals surface area contributed by atoms with Gasteiger partial charge in [0, 0.05) is 22.9 Å². The second-order valence-electron chi connectivity index (χ2n) is 7.14. The number of rotatable bonds is 3. The second kappa shape index (κ2) is 5.78. The van der Waals surface area contributed by atoms with Gasteiger partial charge >= 0.3 is 0 Å². The number of nitrogens with zero attached hydrogens (tertiary/aromatic N) is 2. The molecular weight excluding hydrogens is 386 g/mol. The molecule has 1 atom stereocenters. The lowest BCUT2D eigenvalue weighted by Gasteiger charge is -2.37.